The number of carbonyl (C=O) groups excluding carboxylic acids is 1. The van der Waals surface area contributed by atoms with Gasteiger partial charge < -0.3 is 24.7 Å². The average Bonchev–Trinajstić information content (AvgIpc) is 1.65. The third-order valence-corrected chi connectivity index (χ3v) is 0.316. The number of rotatable bonds is 1. The smallest absolute Gasteiger partial charge is 0.771 e. The van der Waals surface area contributed by atoms with Crippen molar-refractivity contribution in [3.05, 3.63) is 0 Å². The number of carboxylic acid groups (broad SMARTS) is 2. The Morgan fingerprint density at radius 3 is 1.42 bits per heavy atom. The Balaban J connectivity index is -0.0000000221. The van der Waals surface area contributed by atoms with Gasteiger partial charge in [0.2, 0.25) is 0 Å². The first-order valence-electron chi connectivity index (χ1n) is 1.55. The molecule has 0 amide bonds. The van der Waals surface area contributed by atoms with Crippen molar-refractivity contribution >= 4 is 17.2 Å². The van der Waals surface area contributed by atoms with Crippen LogP contribution < -0.4 is 143 Å². The zero-order valence-electron chi connectivity index (χ0n) is 7.10. The molecule has 0 aromatic rings. The van der Waals surface area contributed by atoms with Gasteiger partial charge in [0, 0.05) is 0 Å². The van der Waals surface area contributed by atoms with E-state index < -0.39 is 23.2 Å². The van der Waals surface area contributed by atoms with Crippen LogP contribution in [0.2, 0.25) is 0 Å². The summed E-state index contributed by atoms with van der Waals surface area (Å²) in [4.78, 5) is 8.33. The van der Waals surface area contributed by atoms with Gasteiger partial charge in [-0.3, -0.25) is 4.21 Å². The normalized spacial score (nSPS) is 8.17. The summed E-state index contributed by atoms with van der Waals surface area (Å²) in [6, 6.07) is 0. The number of aliphatic hydroxyl groups is 1. The van der Waals surface area contributed by atoms with E-state index in [0.717, 1.165) is 0 Å². The van der Waals surface area contributed by atoms with Crippen molar-refractivity contribution in [3.63, 3.8) is 0 Å². The Morgan fingerprint density at radius 2 is 1.42 bits per heavy atom. The van der Waals surface area contributed by atoms with E-state index in [1.54, 1.807) is 0 Å². The molecule has 56 valence electrons. The molecular weight excluding hydrogens is 253 g/mol. The number of carbonyl (C=O) groups is 1. The van der Waals surface area contributed by atoms with Crippen LogP contribution in [0.5, 0.6) is 0 Å². The van der Waals surface area contributed by atoms with E-state index >= 15 is 0 Å². The first-order chi connectivity index (χ1) is 4.00. The average molecular weight is 256 g/mol. The summed E-state index contributed by atoms with van der Waals surface area (Å²) in [6.07, 6.45) is -2.33. The third kappa shape index (κ3) is 68.7. The van der Waals surface area contributed by atoms with Gasteiger partial charge in [0.25, 0.3) is 0 Å². The fourth-order valence-electron chi connectivity index (χ4n) is 0. The monoisotopic (exact) mass is 256 g/mol. The van der Waals surface area contributed by atoms with Crippen LogP contribution in [0.3, 0.4) is 0 Å². The standard InChI is InChI=1S/CH4O3S.CH2O3.2K.Na/c2-1-5(3)4;2-1(3)4;;;/h2H,1H2,(H,3,4);(H2,2,3,4);;;/q;;3*+1/p-3. The van der Waals surface area contributed by atoms with Gasteiger partial charge in [0.1, 0.15) is 5.94 Å². The Labute approximate surface area is 179 Å². The topological polar surface area (TPSA) is 124 Å². The summed E-state index contributed by atoms with van der Waals surface area (Å²) in [7, 11) is 0. The van der Waals surface area contributed by atoms with Gasteiger partial charge in [-0.1, -0.05) is 0 Å². The van der Waals surface area contributed by atoms with Crippen molar-refractivity contribution in [1.82, 2.24) is 0 Å². The van der Waals surface area contributed by atoms with Gasteiger partial charge in [0.15, 0.2) is 0 Å². The quantitative estimate of drug-likeness (QED) is 0.367. The third-order valence-electron chi connectivity index (χ3n) is 0.105. The molecular formula is C2H3K2NaO6S. The van der Waals surface area contributed by atoms with Crippen LogP contribution in [0.4, 0.5) is 4.79 Å². The zero-order valence-corrected chi connectivity index (χ0v) is 16.2. The second-order valence-electron chi connectivity index (χ2n) is 0.683. The summed E-state index contributed by atoms with van der Waals surface area (Å²) < 4.78 is 18.2. The minimum absolute atomic E-state index is 0. The Kier molecular flexibility index (Phi) is 59.3. The van der Waals surface area contributed by atoms with Gasteiger partial charge >= 0.3 is 132 Å². The summed E-state index contributed by atoms with van der Waals surface area (Å²) in [6.45, 7) is 0. The van der Waals surface area contributed by atoms with Crippen LogP contribution in [0, 0.1) is 0 Å². The van der Waals surface area contributed by atoms with Crippen LogP contribution in [0.25, 0.3) is 0 Å². The molecule has 6 nitrogen and oxygen atoms in total. The molecule has 1 N–H and O–H groups in total. The van der Waals surface area contributed by atoms with E-state index in [2.05, 4.69) is 0 Å². The minimum atomic E-state index is -2.33. The molecule has 0 radical (unpaired) electrons. The van der Waals surface area contributed by atoms with Gasteiger partial charge in [-0.2, -0.15) is 0 Å². The molecule has 0 rings (SSSR count). The molecule has 0 spiro atoms. The van der Waals surface area contributed by atoms with E-state index in [0.29, 0.717) is 0 Å². The molecule has 1 unspecified atom stereocenters. The fraction of sp³-hybridized carbons (Fsp3) is 0.500. The molecule has 10 heteroatoms. The van der Waals surface area contributed by atoms with Crippen molar-refractivity contribution in [2.24, 2.45) is 0 Å². The van der Waals surface area contributed by atoms with E-state index in [4.69, 9.17) is 28.9 Å². The minimum Gasteiger partial charge on any atom is -0.771 e. The van der Waals surface area contributed by atoms with E-state index in [1.165, 1.54) is 0 Å². The predicted octanol–water partition coefficient (Wildman–Crippen LogP) is -12.6. The molecule has 0 heterocycles. The second kappa shape index (κ2) is 24.0. The zero-order chi connectivity index (χ0) is 7.86. The summed E-state index contributed by atoms with van der Waals surface area (Å²) >= 11 is -2.27. The SMILES string of the molecule is O=C([O-])[O-].O=S([O-])CO.[K+].[K+].[Na+]. The Bertz CT molecular complexity index is 108. The fourth-order valence-corrected chi connectivity index (χ4v) is 0. The molecule has 0 aliphatic rings. The number of hydrogen-bond donors (Lipinski definition) is 1. The molecule has 0 aliphatic carbocycles. The van der Waals surface area contributed by atoms with Crippen molar-refractivity contribution in [1.29, 1.82) is 0 Å². The molecule has 0 aromatic heterocycles. The van der Waals surface area contributed by atoms with Crippen LogP contribution in [0.1, 0.15) is 0 Å². The van der Waals surface area contributed by atoms with Crippen LogP contribution in [-0.2, 0) is 11.1 Å². The van der Waals surface area contributed by atoms with Crippen LogP contribution >= 0.6 is 0 Å². The second-order valence-corrected chi connectivity index (χ2v) is 1.55. The predicted molar refractivity (Wildman–Crippen MR) is 21.4 cm³/mol. The summed E-state index contributed by atoms with van der Waals surface area (Å²) in [5.41, 5.74) is 0. The first-order valence-corrected chi connectivity index (χ1v) is 2.79. The Hall–Kier alpha value is 3.61. The molecule has 1 atom stereocenters. The van der Waals surface area contributed by atoms with Gasteiger partial charge in [-0.05, 0) is 17.2 Å². The molecule has 0 bridgehead atoms. The molecule has 0 saturated carbocycles. The maximum absolute atomic E-state index is 9.12. The van der Waals surface area contributed by atoms with E-state index in [1.807, 2.05) is 0 Å². The maximum atomic E-state index is 9.12. The van der Waals surface area contributed by atoms with E-state index in [9.17, 15) is 0 Å². The Morgan fingerprint density at radius 1 is 1.33 bits per heavy atom. The van der Waals surface area contributed by atoms with Crippen molar-refractivity contribution < 1.29 is 161 Å². The van der Waals surface area contributed by atoms with Crippen molar-refractivity contribution in [2.45, 2.75) is 0 Å². The van der Waals surface area contributed by atoms with Crippen molar-refractivity contribution in [3.8, 4) is 0 Å². The van der Waals surface area contributed by atoms with Crippen molar-refractivity contribution in [2.75, 3.05) is 5.94 Å². The van der Waals surface area contributed by atoms with Crippen LogP contribution in [0.15, 0.2) is 0 Å². The number of hydrogen-bond acceptors (Lipinski definition) is 6. The van der Waals surface area contributed by atoms with E-state index in [-0.39, 0.29) is 132 Å². The molecule has 0 aromatic carbocycles. The van der Waals surface area contributed by atoms with Crippen LogP contribution in [-0.4, -0.2) is 26.0 Å². The van der Waals surface area contributed by atoms with Gasteiger partial charge in [-0.15, -0.1) is 0 Å². The summed E-state index contributed by atoms with van der Waals surface area (Å²) in [5.74, 6) is -0.778. The molecule has 12 heavy (non-hydrogen) atoms. The first kappa shape index (κ1) is 29.6. The van der Waals surface area contributed by atoms with Gasteiger partial charge in [-0.25, -0.2) is 0 Å². The molecule has 0 aliphatic heterocycles. The van der Waals surface area contributed by atoms with Gasteiger partial charge in [0.05, 0.1) is 0 Å². The largest absolute Gasteiger partial charge is 1.00 e. The number of aliphatic hydroxyl groups excluding tert-OH is 1. The maximum Gasteiger partial charge on any atom is 1.00 e. The molecule has 0 saturated heterocycles. The summed E-state index contributed by atoms with van der Waals surface area (Å²) in [5, 5.41) is 24.2. The molecule has 0 fully saturated rings.